The first-order chi connectivity index (χ1) is 7.49. The molecule has 0 fully saturated rings. The van der Waals surface area contributed by atoms with E-state index >= 15 is 0 Å². The summed E-state index contributed by atoms with van der Waals surface area (Å²) in [6.07, 6.45) is -0.871. The Bertz CT molecular complexity index is 355. The molecule has 0 aliphatic carbocycles. The highest BCUT2D eigenvalue weighted by Crippen LogP contribution is 2.29. The lowest BCUT2D eigenvalue weighted by molar-refractivity contribution is 0.194. The standard InChI is InChI=1S/C12H18FNO2/c1-8(7-15)14(3)11-6-4-5-10(13)12(11)9(2)16/h4-6,8-9,15-16H,7H2,1-3H3/t8?,9-/m0/s1. The lowest BCUT2D eigenvalue weighted by Crippen LogP contribution is -2.32. The Labute approximate surface area is 95.1 Å². The predicted octanol–water partition coefficient (Wildman–Crippen LogP) is 1.70. The van der Waals surface area contributed by atoms with Gasteiger partial charge in [-0.3, -0.25) is 0 Å². The molecule has 3 nitrogen and oxygen atoms in total. The van der Waals surface area contributed by atoms with Gasteiger partial charge in [0, 0.05) is 24.3 Å². The van der Waals surface area contributed by atoms with E-state index in [1.54, 1.807) is 24.1 Å². The molecule has 1 aromatic rings. The highest BCUT2D eigenvalue weighted by atomic mass is 19.1. The third-order valence-corrected chi connectivity index (χ3v) is 2.75. The van der Waals surface area contributed by atoms with Gasteiger partial charge >= 0.3 is 0 Å². The minimum Gasteiger partial charge on any atom is -0.394 e. The molecule has 0 spiro atoms. The van der Waals surface area contributed by atoms with Crippen LogP contribution in [0, 0.1) is 5.82 Å². The molecule has 0 bridgehead atoms. The molecule has 0 radical (unpaired) electrons. The Morgan fingerprint density at radius 2 is 2.00 bits per heavy atom. The first kappa shape index (κ1) is 12.9. The second kappa shape index (κ2) is 5.27. The van der Waals surface area contributed by atoms with Crippen LogP contribution in [0.1, 0.15) is 25.5 Å². The van der Waals surface area contributed by atoms with Crippen LogP contribution >= 0.6 is 0 Å². The number of hydrogen-bond donors (Lipinski definition) is 2. The number of likely N-dealkylation sites (N-methyl/N-ethyl adjacent to an activating group) is 1. The summed E-state index contributed by atoms with van der Waals surface area (Å²) < 4.78 is 13.6. The van der Waals surface area contributed by atoms with Crippen molar-refractivity contribution in [2.45, 2.75) is 26.0 Å². The van der Waals surface area contributed by atoms with E-state index in [1.807, 2.05) is 6.92 Å². The number of rotatable bonds is 4. The van der Waals surface area contributed by atoms with Gasteiger partial charge in [0.1, 0.15) is 5.82 Å². The van der Waals surface area contributed by atoms with E-state index in [9.17, 15) is 9.50 Å². The zero-order chi connectivity index (χ0) is 12.3. The second-order valence-electron chi connectivity index (χ2n) is 3.99. The molecule has 1 unspecified atom stereocenters. The number of nitrogens with zero attached hydrogens (tertiary/aromatic N) is 1. The fourth-order valence-corrected chi connectivity index (χ4v) is 1.61. The van der Waals surface area contributed by atoms with Crippen LogP contribution in [0.3, 0.4) is 0 Å². The number of aliphatic hydroxyl groups excluding tert-OH is 2. The minimum absolute atomic E-state index is 0.0216. The summed E-state index contributed by atoms with van der Waals surface area (Å²) in [4.78, 5) is 1.76. The van der Waals surface area contributed by atoms with Crippen molar-refractivity contribution in [2.75, 3.05) is 18.6 Å². The molecule has 1 rings (SSSR count). The normalized spacial score (nSPS) is 14.6. The van der Waals surface area contributed by atoms with Crippen LogP contribution in [0.5, 0.6) is 0 Å². The lowest BCUT2D eigenvalue weighted by Gasteiger charge is -2.28. The third kappa shape index (κ3) is 2.51. The molecular weight excluding hydrogens is 209 g/mol. The Morgan fingerprint density at radius 1 is 1.38 bits per heavy atom. The van der Waals surface area contributed by atoms with Crippen LogP contribution in [-0.2, 0) is 0 Å². The highest BCUT2D eigenvalue weighted by molar-refractivity contribution is 5.55. The Kier molecular flexibility index (Phi) is 4.26. The zero-order valence-corrected chi connectivity index (χ0v) is 9.81. The molecule has 0 aliphatic rings. The average Bonchev–Trinajstić information content (AvgIpc) is 2.26. The SMILES string of the molecule is CC(CO)N(C)c1cccc(F)c1[C@H](C)O. The summed E-state index contributed by atoms with van der Waals surface area (Å²) >= 11 is 0. The molecular formula is C12H18FNO2. The molecule has 90 valence electrons. The van der Waals surface area contributed by atoms with E-state index in [1.165, 1.54) is 13.0 Å². The average molecular weight is 227 g/mol. The maximum absolute atomic E-state index is 13.6. The molecule has 2 atom stereocenters. The number of anilines is 1. The van der Waals surface area contributed by atoms with Gasteiger partial charge in [0.2, 0.25) is 0 Å². The predicted molar refractivity (Wildman–Crippen MR) is 62.0 cm³/mol. The summed E-state index contributed by atoms with van der Waals surface area (Å²) in [5, 5.41) is 18.6. The van der Waals surface area contributed by atoms with Gasteiger partial charge in [0.25, 0.3) is 0 Å². The van der Waals surface area contributed by atoms with Crippen molar-refractivity contribution in [2.24, 2.45) is 0 Å². The molecule has 0 heterocycles. The summed E-state index contributed by atoms with van der Waals surface area (Å²) in [5.41, 5.74) is 0.877. The maximum Gasteiger partial charge on any atom is 0.131 e. The Morgan fingerprint density at radius 3 is 2.50 bits per heavy atom. The van der Waals surface area contributed by atoms with E-state index in [2.05, 4.69) is 0 Å². The smallest absolute Gasteiger partial charge is 0.131 e. The van der Waals surface area contributed by atoms with Crippen molar-refractivity contribution in [1.82, 2.24) is 0 Å². The molecule has 16 heavy (non-hydrogen) atoms. The molecule has 0 saturated heterocycles. The van der Waals surface area contributed by atoms with Gasteiger partial charge in [0.05, 0.1) is 12.7 Å². The summed E-state index contributed by atoms with van der Waals surface area (Å²) in [6.45, 7) is 3.34. The summed E-state index contributed by atoms with van der Waals surface area (Å²) in [5.74, 6) is -0.426. The van der Waals surface area contributed by atoms with Crippen LogP contribution in [0.15, 0.2) is 18.2 Å². The lowest BCUT2D eigenvalue weighted by atomic mass is 10.1. The fraction of sp³-hybridized carbons (Fsp3) is 0.500. The second-order valence-corrected chi connectivity index (χ2v) is 3.99. The minimum atomic E-state index is -0.871. The molecule has 0 amide bonds. The number of hydrogen-bond acceptors (Lipinski definition) is 3. The van der Waals surface area contributed by atoms with Crippen molar-refractivity contribution in [3.8, 4) is 0 Å². The van der Waals surface area contributed by atoms with E-state index in [0.29, 0.717) is 5.69 Å². The van der Waals surface area contributed by atoms with Crippen LogP contribution in [-0.4, -0.2) is 29.9 Å². The van der Waals surface area contributed by atoms with E-state index in [-0.39, 0.29) is 18.2 Å². The molecule has 0 aromatic heterocycles. The maximum atomic E-state index is 13.6. The van der Waals surface area contributed by atoms with Crippen molar-refractivity contribution in [3.05, 3.63) is 29.6 Å². The monoisotopic (exact) mass is 227 g/mol. The first-order valence-electron chi connectivity index (χ1n) is 5.29. The molecule has 0 aliphatic heterocycles. The van der Waals surface area contributed by atoms with Crippen LogP contribution in [0.25, 0.3) is 0 Å². The molecule has 0 saturated carbocycles. The third-order valence-electron chi connectivity index (χ3n) is 2.75. The van der Waals surface area contributed by atoms with E-state index < -0.39 is 11.9 Å². The zero-order valence-electron chi connectivity index (χ0n) is 9.81. The largest absolute Gasteiger partial charge is 0.394 e. The summed E-state index contributed by atoms with van der Waals surface area (Å²) in [7, 11) is 1.77. The topological polar surface area (TPSA) is 43.7 Å². The fourth-order valence-electron chi connectivity index (χ4n) is 1.61. The quantitative estimate of drug-likeness (QED) is 0.822. The summed E-state index contributed by atoms with van der Waals surface area (Å²) in [6, 6.07) is 4.52. The van der Waals surface area contributed by atoms with Gasteiger partial charge in [-0.25, -0.2) is 4.39 Å². The van der Waals surface area contributed by atoms with Crippen molar-refractivity contribution in [1.29, 1.82) is 0 Å². The van der Waals surface area contributed by atoms with Crippen molar-refractivity contribution >= 4 is 5.69 Å². The van der Waals surface area contributed by atoms with Gasteiger partial charge in [0.15, 0.2) is 0 Å². The Balaban J connectivity index is 3.17. The van der Waals surface area contributed by atoms with E-state index in [4.69, 9.17) is 5.11 Å². The molecule has 2 N–H and O–H groups in total. The molecule has 1 aromatic carbocycles. The highest BCUT2D eigenvalue weighted by Gasteiger charge is 2.18. The molecule has 4 heteroatoms. The first-order valence-corrected chi connectivity index (χ1v) is 5.29. The van der Waals surface area contributed by atoms with Gasteiger partial charge < -0.3 is 15.1 Å². The van der Waals surface area contributed by atoms with Crippen molar-refractivity contribution < 1.29 is 14.6 Å². The number of benzene rings is 1. The van der Waals surface area contributed by atoms with Gasteiger partial charge in [-0.05, 0) is 26.0 Å². The van der Waals surface area contributed by atoms with Crippen molar-refractivity contribution in [3.63, 3.8) is 0 Å². The van der Waals surface area contributed by atoms with Gasteiger partial charge in [-0.1, -0.05) is 6.07 Å². The van der Waals surface area contributed by atoms with E-state index in [0.717, 1.165) is 0 Å². The Hall–Kier alpha value is -1.13. The van der Waals surface area contributed by atoms with Crippen LogP contribution in [0.2, 0.25) is 0 Å². The van der Waals surface area contributed by atoms with Crippen LogP contribution < -0.4 is 4.90 Å². The number of aliphatic hydroxyl groups is 2. The van der Waals surface area contributed by atoms with Gasteiger partial charge in [-0.2, -0.15) is 0 Å². The van der Waals surface area contributed by atoms with Gasteiger partial charge in [-0.15, -0.1) is 0 Å². The van der Waals surface area contributed by atoms with Crippen LogP contribution in [0.4, 0.5) is 10.1 Å². The number of halogens is 1.